The molecule has 9 heteroatoms. The van der Waals surface area contributed by atoms with E-state index in [1.54, 1.807) is 0 Å². The zero-order valence-electron chi connectivity index (χ0n) is 14.5. The number of hydrogen-bond acceptors (Lipinski definition) is 3. The highest BCUT2D eigenvalue weighted by molar-refractivity contribution is 9.10. The lowest BCUT2D eigenvalue weighted by molar-refractivity contribution is -0.144. The van der Waals surface area contributed by atoms with Crippen LogP contribution < -0.4 is 5.32 Å². The number of thioether (sulfide) groups is 1. The summed E-state index contributed by atoms with van der Waals surface area (Å²) in [5, 5.41) is 1.88. The molecule has 2 amide bonds. The quantitative estimate of drug-likeness (QED) is 0.690. The van der Waals surface area contributed by atoms with Gasteiger partial charge in [-0.05, 0) is 49.9 Å². The van der Waals surface area contributed by atoms with Gasteiger partial charge in [-0.1, -0.05) is 15.9 Å². The summed E-state index contributed by atoms with van der Waals surface area (Å²) in [7, 11) is 0. The number of alkyl halides is 3. The SMILES string of the molecule is Cc1cc(SCC(=O)N2CCCC2C(=O)NCC(F)(F)F)c(C)cc1Br. The molecule has 1 aliphatic heterocycles. The van der Waals surface area contributed by atoms with Gasteiger partial charge in [0.15, 0.2) is 0 Å². The molecule has 1 aromatic carbocycles. The van der Waals surface area contributed by atoms with E-state index >= 15 is 0 Å². The number of rotatable bonds is 5. The summed E-state index contributed by atoms with van der Waals surface area (Å²) < 4.78 is 37.8. The number of hydrogen-bond donors (Lipinski definition) is 1. The number of aryl methyl sites for hydroxylation is 2. The van der Waals surface area contributed by atoms with Crippen LogP contribution in [0.25, 0.3) is 0 Å². The fraction of sp³-hybridized carbons (Fsp3) is 0.529. The maximum Gasteiger partial charge on any atom is 0.405 e. The van der Waals surface area contributed by atoms with Crippen molar-refractivity contribution >= 4 is 39.5 Å². The van der Waals surface area contributed by atoms with Gasteiger partial charge in [0.1, 0.15) is 12.6 Å². The van der Waals surface area contributed by atoms with Crippen molar-refractivity contribution in [2.45, 2.75) is 43.8 Å². The third kappa shape index (κ3) is 5.64. The zero-order valence-corrected chi connectivity index (χ0v) is 16.9. The van der Waals surface area contributed by atoms with Gasteiger partial charge in [0.2, 0.25) is 11.8 Å². The Kier molecular flexibility index (Phi) is 7.01. The van der Waals surface area contributed by atoms with Gasteiger partial charge in [0, 0.05) is 15.9 Å². The van der Waals surface area contributed by atoms with E-state index in [1.165, 1.54) is 16.7 Å². The predicted octanol–water partition coefficient (Wildman–Crippen LogP) is 3.83. The number of carbonyl (C=O) groups is 2. The molecule has 144 valence electrons. The van der Waals surface area contributed by atoms with E-state index < -0.39 is 24.7 Å². The van der Waals surface area contributed by atoms with E-state index in [0.29, 0.717) is 19.4 Å². The zero-order chi connectivity index (χ0) is 19.5. The van der Waals surface area contributed by atoms with Gasteiger partial charge in [0.25, 0.3) is 0 Å². The molecule has 1 atom stereocenters. The van der Waals surface area contributed by atoms with Crippen molar-refractivity contribution in [3.05, 3.63) is 27.7 Å². The van der Waals surface area contributed by atoms with Gasteiger partial charge >= 0.3 is 6.18 Å². The summed E-state index contributed by atoms with van der Waals surface area (Å²) in [5.41, 5.74) is 2.08. The molecule has 4 nitrogen and oxygen atoms in total. The van der Waals surface area contributed by atoms with E-state index in [4.69, 9.17) is 0 Å². The summed E-state index contributed by atoms with van der Waals surface area (Å²) in [5.74, 6) is -0.834. The van der Waals surface area contributed by atoms with Crippen LogP contribution in [-0.4, -0.2) is 47.8 Å². The van der Waals surface area contributed by atoms with E-state index in [0.717, 1.165) is 20.5 Å². The first kappa shape index (κ1) is 21.1. The monoisotopic (exact) mass is 452 g/mol. The van der Waals surface area contributed by atoms with Crippen molar-refractivity contribution in [3.8, 4) is 0 Å². The van der Waals surface area contributed by atoms with E-state index in [-0.39, 0.29) is 11.7 Å². The van der Waals surface area contributed by atoms with Crippen LogP contribution >= 0.6 is 27.7 Å². The molecular formula is C17H20BrF3N2O2S. The van der Waals surface area contributed by atoms with Crippen LogP contribution in [0.2, 0.25) is 0 Å². The Balaban J connectivity index is 1.96. The lowest BCUT2D eigenvalue weighted by atomic mass is 10.2. The smallest absolute Gasteiger partial charge is 0.345 e. The first-order chi connectivity index (χ1) is 12.1. The number of nitrogens with zero attached hydrogens (tertiary/aromatic N) is 1. The molecule has 26 heavy (non-hydrogen) atoms. The van der Waals surface area contributed by atoms with Crippen LogP contribution in [0.15, 0.2) is 21.5 Å². The van der Waals surface area contributed by atoms with Crippen molar-refractivity contribution in [2.75, 3.05) is 18.8 Å². The number of carbonyl (C=O) groups excluding carboxylic acids is 2. The molecule has 0 bridgehead atoms. The molecule has 1 unspecified atom stereocenters. The Labute approximate surface area is 163 Å². The summed E-state index contributed by atoms with van der Waals surface area (Å²) in [4.78, 5) is 26.8. The van der Waals surface area contributed by atoms with Gasteiger partial charge in [-0.3, -0.25) is 9.59 Å². The second-order valence-electron chi connectivity index (χ2n) is 6.23. The molecule has 0 spiro atoms. The van der Waals surface area contributed by atoms with Crippen molar-refractivity contribution in [2.24, 2.45) is 0 Å². The minimum Gasteiger partial charge on any atom is -0.345 e. The number of benzene rings is 1. The standard InChI is InChI=1S/C17H20BrF3N2O2S/c1-10-7-14(11(2)6-12(10)18)26-8-15(24)23-5-3-4-13(23)16(25)22-9-17(19,20)21/h6-7,13H,3-5,8-9H2,1-2H3,(H,22,25). The normalized spacial score (nSPS) is 17.5. The summed E-state index contributed by atoms with van der Waals surface area (Å²) in [6.45, 7) is 2.91. The number of nitrogens with one attached hydrogen (secondary N) is 1. The molecule has 2 rings (SSSR count). The molecular weight excluding hydrogens is 433 g/mol. The Morgan fingerprint density at radius 3 is 2.65 bits per heavy atom. The third-order valence-electron chi connectivity index (χ3n) is 4.15. The Bertz CT molecular complexity index is 697. The van der Waals surface area contributed by atoms with Crippen LogP contribution in [0, 0.1) is 13.8 Å². The molecule has 1 saturated heterocycles. The van der Waals surface area contributed by atoms with Crippen LogP contribution in [0.3, 0.4) is 0 Å². The molecule has 0 radical (unpaired) electrons. The van der Waals surface area contributed by atoms with E-state index in [9.17, 15) is 22.8 Å². The maximum atomic E-state index is 12.5. The predicted molar refractivity (Wildman–Crippen MR) is 98.1 cm³/mol. The van der Waals surface area contributed by atoms with Gasteiger partial charge in [0.05, 0.1) is 5.75 Å². The molecule has 1 aliphatic rings. The molecule has 1 aromatic rings. The first-order valence-corrected chi connectivity index (χ1v) is 9.90. The molecule has 0 saturated carbocycles. The number of halogens is 4. The Morgan fingerprint density at radius 1 is 1.31 bits per heavy atom. The summed E-state index contributed by atoms with van der Waals surface area (Å²) >= 11 is 4.83. The fourth-order valence-electron chi connectivity index (χ4n) is 2.78. The molecule has 1 heterocycles. The second-order valence-corrected chi connectivity index (χ2v) is 8.11. The summed E-state index contributed by atoms with van der Waals surface area (Å²) in [6.07, 6.45) is -3.47. The highest BCUT2D eigenvalue weighted by Crippen LogP contribution is 2.29. The van der Waals surface area contributed by atoms with Crippen LogP contribution in [0.5, 0.6) is 0 Å². The van der Waals surface area contributed by atoms with Crippen molar-refractivity contribution in [3.63, 3.8) is 0 Å². The first-order valence-electron chi connectivity index (χ1n) is 8.12. The maximum absolute atomic E-state index is 12.5. The topological polar surface area (TPSA) is 49.4 Å². The lowest BCUT2D eigenvalue weighted by Gasteiger charge is -2.24. The van der Waals surface area contributed by atoms with Crippen LogP contribution in [0.1, 0.15) is 24.0 Å². The van der Waals surface area contributed by atoms with Gasteiger partial charge in [-0.25, -0.2) is 0 Å². The molecule has 0 aromatic heterocycles. The van der Waals surface area contributed by atoms with Crippen molar-refractivity contribution < 1.29 is 22.8 Å². The molecule has 0 aliphatic carbocycles. The van der Waals surface area contributed by atoms with Gasteiger partial charge in [-0.2, -0.15) is 13.2 Å². The average Bonchev–Trinajstić information content (AvgIpc) is 3.03. The van der Waals surface area contributed by atoms with Crippen LogP contribution in [0.4, 0.5) is 13.2 Å². The van der Waals surface area contributed by atoms with Crippen LogP contribution in [-0.2, 0) is 9.59 Å². The van der Waals surface area contributed by atoms with E-state index in [1.807, 2.05) is 31.3 Å². The minimum absolute atomic E-state index is 0.144. The highest BCUT2D eigenvalue weighted by atomic mass is 79.9. The highest BCUT2D eigenvalue weighted by Gasteiger charge is 2.36. The van der Waals surface area contributed by atoms with Gasteiger partial charge in [-0.15, -0.1) is 11.8 Å². The summed E-state index contributed by atoms with van der Waals surface area (Å²) in [6, 6.07) is 3.14. The number of likely N-dealkylation sites (tertiary alicyclic amines) is 1. The van der Waals surface area contributed by atoms with Crippen molar-refractivity contribution in [1.82, 2.24) is 10.2 Å². The fourth-order valence-corrected chi connectivity index (χ4v) is 4.22. The van der Waals surface area contributed by atoms with Crippen molar-refractivity contribution in [1.29, 1.82) is 0 Å². The Morgan fingerprint density at radius 2 is 2.00 bits per heavy atom. The molecule has 1 N–H and O–H groups in total. The second kappa shape index (κ2) is 8.65. The lowest BCUT2D eigenvalue weighted by Crippen LogP contribution is -2.48. The minimum atomic E-state index is -4.46. The average molecular weight is 453 g/mol. The number of amides is 2. The third-order valence-corrected chi connectivity index (χ3v) is 6.14. The van der Waals surface area contributed by atoms with Gasteiger partial charge < -0.3 is 10.2 Å². The molecule has 1 fully saturated rings. The Hall–Kier alpha value is -1.22. The largest absolute Gasteiger partial charge is 0.405 e. The van der Waals surface area contributed by atoms with E-state index in [2.05, 4.69) is 15.9 Å².